The van der Waals surface area contributed by atoms with Gasteiger partial charge in [-0.1, -0.05) is 18.2 Å². The molecule has 24 heavy (non-hydrogen) atoms. The number of hydrogen-bond acceptors (Lipinski definition) is 3. The summed E-state index contributed by atoms with van der Waals surface area (Å²) in [5, 5.41) is 0. The van der Waals surface area contributed by atoms with Crippen LogP contribution in [0, 0.1) is 6.92 Å². The van der Waals surface area contributed by atoms with Gasteiger partial charge in [0.25, 0.3) is 0 Å². The summed E-state index contributed by atoms with van der Waals surface area (Å²) < 4.78 is 33.2. The molecule has 128 valence electrons. The molecule has 0 aliphatic carbocycles. The van der Waals surface area contributed by atoms with Crippen molar-refractivity contribution >= 4 is 26.0 Å². The van der Waals surface area contributed by atoms with E-state index in [1.807, 2.05) is 43.3 Å². The lowest BCUT2D eigenvalue weighted by molar-refractivity contribution is 0.414. The molecule has 3 rings (SSSR count). The number of methoxy groups -OCH3 is 1. The normalized spacial score (nSPS) is 18.7. The molecule has 0 spiro atoms. The van der Waals surface area contributed by atoms with Crippen LogP contribution in [0.1, 0.15) is 23.5 Å². The molecule has 0 N–H and O–H groups in total. The minimum Gasteiger partial charge on any atom is -0.497 e. The zero-order valence-electron chi connectivity index (χ0n) is 13.7. The van der Waals surface area contributed by atoms with Gasteiger partial charge in [0.15, 0.2) is 0 Å². The Morgan fingerprint density at radius 1 is 1.17 bits per heavy atom. The van der Waals surface area contributed by atoms with Gasteiger partial charge in [0, 0.05) is 17.6 Å². The number of benzene rings is 2. The standard InChI is InChI=1S/C18H20BrNO3S/c1-13-3-8-18(17(19)11-13)24(21,22)20-10-9-15(12-20)14-4-6-16(23-2)7-5-14/h3-8,11,15H,9-10,12H2,1-2H3. The highest BCUT2D eigenvalue weighted by molar-refractivity contribution is 9.10. The number of aryl methyl sites for hydroxylation is 1. The summed E-state index contributed by atoms with van der Waals surface area (Å²) >= 11 is 3.39. The van der Waals surface area contributed by atoms with Gasteiger partial charge >= 0.3 is 0 Å². The Labute approximate surface area is 151 Å². The zero-order chi connectivity index (χ0) is 17.3. The lowest BCUT2D eigenvalue weighted by Gasteiger charge is -2.18. The Hall–Kier alpha value is -1.37. The van der Waals surface area contributed by atoms with Crippen molar-refractivity contribution in [3.8, 4) is 5.75 Å². The van der Waals surface area contributed by atoms with E-state index >= 15 is 0 Å². The molecule has 1 saturated heterocycles. The van der Waals surface area contributed by atoms with Crippen LogP contribution < -0.4 is 4.74 Å². The third-order valence-electron chi connectivity index (χ3n) is 4.44. The Morgan fingerprint density at radius 3 is 2.50 bits per heavy atom. The van der Waals surface area contributed by atoms with Gasteiger partial charge in [-0.25, -0.2) is 8.42 Å². The van der Waals surface area contributed by atoms with E-state index in [1.54, 1.807) is 17.5 Å². The summed E-state index contributed by atoms with van der Waals surface area (Å²) in [4.78, 5) is 0.337. The third-order valence-corrected chi connectivity index (χ3v) is 7.29. The molecular formula is C18H20BrNO3S. The van der Waals surface area contributed by atoms with Crippen molar-refractivity contribution in [3.05, 3.63) is 58.1 Å². The minimum absolute atomic E-state index is 0.218. The fraction of sp³-hybridized carbons (Fsp3) is 0.333. The third kappa shape index (κ3) is 3.36. The molecular weight excluding hydrogens is 390 g/mol. The Bertz CT molecular complexity index is 834. The van der Waals surface area contributed by atoms with E-state index < -0.39 is 10.0 Å². The first-order chi connectivity index (χ1) is 11.4. The van der Waals surface area contributed by atoms with E-state index in [2.05, 4.69) is 15.9 Å². The van der Waals surface area contributed by atoms with Crippen LogP contribution in [0.2, 0.25) is 0 Å². The van der Waals surface area contributed by atoms with Crippen molar-refractivity contribution in [2.24, 2.45) is 0 Å². The van der Waals surface area contributed by atoms with Gasteiger partial charge in [0.05, 0.1) is 12.0 Å². The maximum atomic E-state index is 12.9. The summed E-state index contributed by atoms with van der Waals surface area (Å²) in [6.07, 6.45) is 0.828. The second kappa shape index (κ2) is 6.86. The molecule has 4 nitrogen and oxygen atoms in total. The van der Waals surface area contributed by atoms with Crippen molar-refractivity contribution in [2.75, 3.05) is 20.2 Å². The highest BCUT2D eigenvalue weighted by Gasteiger charge is 2.34. The second-order valence-corrected chi connectivity index (χ2v) is 8.82. The fourth-order valence-electron chi connectivity index (χ4n) is 3.05. The van der Waals surface area contributed by atoms with Crippen molar-refractivity contribution < 1.29 is 13.2 Å². The van der Waals surface area contributed by atoms with Crippen LogP contribution in [0.15, 0.2) is 51.8 Å². The van der Waals surface area contributed by atoms with Crippen molar-refractivity contribution in [1.82, 2.24) is 4.31 Å². The first-order valence-corrected chi connectivity index (χ1v) is 10.1. The van der Waals surface area contributed by atoms with Gasteiger partial charge in [0.2, 0.25) is 10.0 Å². The molecule has 1 unspecified atom stereocenters. The van der Waals surface area contributed by atoms with Crippen molar-refractivity contribution in [2.45, 2.75) is 24.2 Å². The summed E-state index contributed by atoms with van der Waals surface area (Å²) in [5.41, 5.74) is 2.18. The molecule has 0 amide bonds. The van der Waals surface area contributed by atoms with Crippen molar-refractivity contribution in [3.63, 3.8) is 0 Å². The van der Waals surface area contributed by atoms with E-state index in [0.717, 1.165) is 23.3 Å². The largest absolute Gasteiger partial charge is 0.497 e. The molecule has 0 radical (unpaired) electrons. The fourth-order valence-corrected chi connectivity index (χ4v) is 5.70. The smallest absolute Gasteiger partial charge is 0.244 e. The number of rotatable bonds is 4. The maximum Gasteiger partial charge on any atom is 0.244 e. The highest BCUT2D eigenvalue weighted by atomic mass is 79.9. The molecule has 0 bridgehead atoms. The Balaban J connectivity index is 1.81. The van der Waals surface area contributed by atoms with Crippen LogP contribution in [0.4, 0.5) is 0 Å². The average molecular weight is 410 g/mol. The number of sulfonamides is 1. The molecule has 2 aromatic carbocycles. The van der Waals surface area contributed by atoms with Gasteiger partial charge < -0.3 is 4.74 Å². The summed E-state index contributed by atoms with van der Waals surface area (Å²) in [5.74, 6) is 1.03. The van der Waals surface area contributed by atoms with Gasteiger partial charge in [-0.05, 0) is 70.6 Å². The number of halogens is 1. The monoisotopic (exact) mass is 409 g/mol. The molecule has 0 aromatic heterocycles. The van der Waals surface area contributed by atoms with Crippen LogP contribution in [0.3, 0.4) is 0 Å². The molecule has 1 aliphatic rings. The lowest BCUT2D eigenvalue weighted by Crippen LogP contribution is -2.29. The quantitative estimate of drug-likeness (QED) is 0.767. The molecule has 6 heteroatoms. The summed E-state index contributed by atoms with van der Waals surface area (Å²) in [6, 6.07) is 13.2. The van der Waals surface area contributed by atoms with E-state index in [-0.39, 0.29) is 5.92 Å². The van der Waals surface area contributed by atoms with E-state index in [0.29, 0.717) is 22.5 Å². The molecule has 1 aliphatic heterocycles. The molecule has 0 saturated carbocycles. The highest BCUT2D eigenvalue weighted by Crippen LogP contribution is 2.34. The van der Waals surface area contributed by atoms with Crippen LogP contribution in [0.5, 0.6) is 5.75 Å². The number of nitrogens with zero attached hydrogens (tertiary/aromatic N) is 1. The topological polar surface area (TPSA) is 46.6 Å². The van der Waals surface area contributed by atoms with Gasteiger partial charge in [-0.3, -0.25) is 0 Å². The van der Waals surface area contributed by atoms with Crippen LogP contribution in [-0.4, -0.2) is 32.9 Å². The van der Waals surface area contributed by atoms with Crippen LogP contribution >= 0.6 is 15.9 Å². The van der Waals surface area contributed by atoms with Crippen LogP contribution in [0.25, 0.3) is 0 Å². The van der Waals surface area contributed by atoms with Gasteiger partial charge in [-0.15, -0.1) is 0 Å². The van der Waals surface area contributed by atoms with Gasteiger partial charge in [-0.2, -0.15) is 4.31 Å². The molecule has 1 fully saturated rings. The van der Waals surface area contributed by atoms with Gasteiger partial charge in [0.1, 0.15) is 5.75 Å². The second-order valence-electron chi connectivity index (χ2n) is 6.06. The number of hydrogen-bond donors (Lipinski definition) is 0. The first-order valence-electron chi connectivity index (χ1n) is 7.82. The number of ether oxygens (including phenoxy) is 1. The first kappa shape index (κ1) is 17.5. The van der Waals surface area contributed by atoms with Crippen LogP contribution in [-0.2, 0) is 10.0 Å². The van der Waals surface area contributed by atoms with E-state index in [9.17, 15) is 8.42 Å². The molecule has 1 heterocycles. The predicted molar refractivity (Wildman–Crippen MR) is 98.0 cm³/mol. The lowest BCUT2D eigenvalue weighted by atomic mass is 9.99. The van der Waals surface area contributed by atoms with E-state index in [4.69, 9.17) is 4.74 Å². The Kier molecular flexibility index (Phi) is 4.99. The maximum absolute atomic E-state index is 12.9. The molecule has 1 atom stereocenters. The average Bonchev–Trinajstić information content (AvgIpc) is 3.05. The van der Waals surface area contributed by atoms with Crippen molar-refractivity contribution in [1.29, 1.82) is 0 Å². The summed E-state index contributed by atoms with van der Waals surface area (Å²) in [6.45, 7) is 2.99. The minimum atomic E-state index is -3.48. The summed E-state index contributed by atoms with van der Waals surface area (Å²) in [7, 11) is -1.84. The van der Waals surface area contributed by atoms with E-state index in [1.165, 1.54) is 0 Å². The Morgan fingerprint density at radius 2 is 1.88 bits per heavy atom. The predicted octanol–water partition coefficient (Wildman–Crippen LogP) is 3.94. The SMILES string of the molecule is COc1ccc(C2CCN(S(=O)(=O)c3ccc(C)cc3Br)C2)cc1. The molecule has 2 aromatic rings. The zero-order valence-corrected chi connectivity index (χ0v) is 16.1.